The smallest absolute Gasteiger partial charge is 0.223 e. The van der Waals surface area contributed by atoms with Crippen LogP contribution in [0.25, 0.3) is 0 Å². The summed E-state index contributed by atoms with van der Waals surface area (Å²) in [6.45, 7) is 5.98. The molecule has 0 saturated heterocycles. The van der Waals surface area contributed by atoms with E-state index < -0.39 is 0 Å². The molecule has 1 fully saturated rings. The van der Waals surface area contributed by atoms with Crippen LogP contribution < -0.4 is 5.32 Å². The lowest BCUT2D eigenvalue weighted by molar-refractivity contribution is 0.267. The molecular formula is C13H23N3O. The van der Waals surface area contributed by atoms with E-state index in [4.69, 9.17) is 4.52 Å². The zero-order valence-corrected chi connectivity index (χ0v) is 10.9. The third kappa shape index (κ3) is 4.11. The molecule has 4 heteroatoms. The minimum atomic E-state index is 0.642. The van der Waals surface area contributed by atoms with E-state index in [-0.39, 0.29) is 0 Å². The van der Waals surface area contributed by atoms with E-state index in [2.05, 4.69) is 22.4 Å². The summed E-state index contributed by atoms with van der Waals surface area (Å²) in [6.07, 6.45) is 6.93. The Morgan fingerprint density at radius 3 is 3.00 bits per heavy atom. The van der Waals surface area contributed by atoms with Gasteiger partial charge in [0.05, 0.1) is 6.54 Å². The van der Waals surface area contributed by atoms with Crippen LogP contribution in [0.3, 0.4) is 0 Å². The molecule has 1 N–H and O–H groups in total. The fourth-order valence-electron chi connectivity index (χ4n) is 2.74. The molecule has 0 radical (unpaired) electrons. The average molecular weight is 237 g/mol. The van der Waals surface area contributed by atoms with Crippen molar-refractivity contribution in [2.75, 3.05) is 6.54 Å². The standard InChI is InChI=1S/C13H23N3O/c1-10-4-3-5-12(8-10)6-7-14-9-13-15-11(2)17-16-13/h10,12,14H,3-9H2,1-2H3. The SMILES string of the molecule is Cc1nc(CNCCC2CCCC(C)C2)no1. The number of aryl methyl sites for hydroxylation is 1. The number of aromatic nitrogens is 2. The van der Waals surface area contributed by atoms with E-state index in [1.54, 1.807) is 0 Å². The molecule has 1 aromatic heterocycles. The topological polar surface area (TPSA) is 51.0 Å². The molecule has 0 aromatic carbocycles. The van der Waals surface area contributed by atoms with Crippen molar-refractivity contribution in [1.82, 2.24) is 15.5 Å². The number of hydrogen-bond donors (Lipinski definition) is 1. The highest BCUT2D eigenvalue weighted by molar-refractivity contribution is 4.82. The molecule has 1 aliphatic carbocycles. The van der Waals surface area contributed by atoms with E-state index >= 15 is 0 Å². The molecule has 0 bridgehead atoms. The van der Waals surface area contributed by atoms with E-state index in [9.17, 15) is 0 Å². The van der Waals surface area contributed by atoms with E-state index in [0.29, 0.717) is 5.89 Å². The summed E-state index contributed by atoms with van der Waals surface area (Å²) in [4.78, 5) is 4.17. The third-order valence-electron chi connectivity index (χ3n) is 3.63. The molecule has 2 atom stereocenters. The summed E-state index contributed by atoms with van der Waals surface area (Å²) in [5.41, 5.74) is 0. The van der Waals surface area contributed by atoms with Gasteiger partial charge in [-0.3, -0.25) is 0 Å². The molecule has 96 valence electrons. The van der Waals surface area contributed by atoms with Crippen LogP contribution in [0.4, 0.5) is 0 Å². The quantitative estimate of drug-likeness (QED) is 0.800. The molecule has 1 aliphatic rings. The van der Waals surface area contributed by atoms with Crippen LogP contribution in [0.1, 0.15) is 50.7 Å². The second-order valence-electron chi connectivity index (χ2n) is 5.33. The Morgan fingerprint density at radius 1 is 1.41 bits per heavy atom. The highest BCUT2D eigenvalue weighted by Gasteiger charge is 2.18. The van der Waals surface area contributed by atoms with Gasteiger partial charge in [0.15, 0.2) is 5.82 Å². The Bertz CT molecular complexity index is 337. The Hall–Kier alpha value is -0.900. The van der Waals surface area contributed by atoms with Gasteiger partial charge in [0, 0.05) is 6.92 Å². The van der Waals surface area contributed by atoms with Crippen molar-refractivity contribution in [2.24, 2.45) is 11.8 Å². The number of hydrogen-bond acceptors (Lipinski definition) is 4. The lowest BCUT2D eigenvalue weighted by atomic mass is 9.81. The van der Waals surface area contributed by atoms with Crippen LogP contribution in [-0.4, -0.2) is 16.7 Å². The first kappa shape index (κ1) is 12.6. The van der Waals surface area contributed by atoms with Gasteiger partial charge >= 0.3 is 0 Å². The van der Waals surface area contributed by atoms with Crippen molar-refractivity contribution in [3.63, 3.8) is 0 Å². The van der Waals surface area contributed by atoms with Crippen molar-refractivity contribution in [3.8, 4) is 0 Å². The second kappa shape index (κ2) is 6.15. The summed E-state index contributed by atoms with van der Waals surface area (Å²) in [7, 11) is 0. The number of nitrogens with one attached hydrogen (secondary N) is 1. The van der Waals surface area contributed by atoms with Gasteiger partial charge in [-0.15, -0.1) is 0 Å². The maximum absolute atomic E-state index is 4.92. The minimum Gasteiger partial charge on any atom is -0.340 e. The van der Waals surface area contributed by atoms with Crippen LogP contribution in [0, 0.1) is 18.8 Å². The van der Waals surface area contributed by atoms with Crippen molar-refractivity contribution in [3.05, 3.63) is 11.7 Å². The Kier molecular flexibility index (Phi) is 4.54. The van der Waals surface area contributed by atoms with Gasteiger partial charge in [-0.25, -0.2) is 0 Å². The van der Waals surface area contributed by atoms with E-state index in [0.717, 1.165) is 30.7 Å². The first-order chi connectivity index (χ1) is 8.24. The molecule has 4 nitrogen and oxygen atoms in total. The largest absolute Gasteiger partial charge is 0.340 e. The lowest BCUT2D eigenvalue weighted by Gasteiger charge is -2.26. The van der Waals surface area contributed by atoms with Gasteiger partial charge in [-0.05, 0) is 31.2 Å². The fourth-order valence-corrected chi connectivity index (χ4v) is 2.74. The fraction of sp³-hybridized carbons (Fsp3) is 0.846. The predicted octanol–water partition coefficient (Wildman–Crippen LogP) is 2.68. The molecule has 2 unspecified atom stereocenters. The monoisotopic (exact) mass is 237 g/mol. The summed E-state index contributed by atoms with van der Waals surface area (Å²) in [5, 5.41) is 7.26. The average Bonchev–Trinajstić information content (AvgIpc) is 2.71. The van der Waals surface area contributed by atoms with Crippen LogP contribution in [0.5, 0.6) is 0 Å². The highest BCUT2D eigenvalue weighted by Crippen LogP contribution is 2.30. The Labute approximate surface area is 103 Å². The normalized spacial score (nSPS) is 25.1. The molecule has 2 rings (SSSR count). The Morgan fingerprint density at radius 2 is 2.29 bits per heavy atom. The maximum atomic E-state index is 4.92. The van der Waals surface area contributed by atoms with Gasteiger partial charge in [-0.2, -0.15) is 4.98 Å². The van der Waals surface area contributed by atoms with Gasteiger partial charge in [0.2, 0.25) is 5.89 Å². The Balaban J connectivity index is 1.59. The van der Waals surface area contributed by atoms with Crippen molar-refractivity contribution in [2.45, 2.75) is 52.5 Å². The lowest BCUT2D eigenvalue weighted by Crippen LogP contribution is -2.21. The number of nitrogens with zero attached hydrogens (tertiary/aromatic N) is 2. The van der Waals surface area contributed by atoms with Gasteiger partial charge in [0.25, 0.3) is 0 Å². The zero-order chi connectivity index (χ0) is 12.1. The first-order valence-electron chi connectivity index (χ1n) is 6.74. The molecular weight excluding hydrogens is 214 g/mol. The zero-order valence-electron chi connectivity index (χ0n) is 10.9. The third-order valence-corrected chi connectivity index (χ3v) is 3.63. The van der Waals surface area contributed by atoms with Crippen molar-refractivity contribution in [1.29, 1.82) is 0 Å². The maximum Gasteiger partial charge on any atom is 0.223 e. The molecule has 1 heterocycles. The summed E-state index contributed by atoms with van der Waals surface area (Å²) in [5.74, 6) is 3.24. The molecule has 1 aromatic rings. The molecule has 0 aliphatic heterocycles. The van der Waals surface area contributed by atoms with Crippen LogP contribution >= 0.6 is 0 Å². The van der Waals surface area contributed by atoms with E-state index in [1.165, 1.54) is 32.1 Å². The summed E-state index contributed by atoms with van der Waals surface area (Å²) >= 11 is 0. The van der Waals surface area contributed by atoms with Crippen molar-refractivity contribution < 1.29 is 4.52 Å². The van der Waals surface area contributed by atoms with Crippen LogP contribution in [0.2, 0.25) is 0 Å². The van der Waals surface area contributed by atoms with Gasteiger partial charge in [-0.1, -0.05) is 31.3 Å². The van der Waals surface area contributed by atoms with Crippen LogP contribution in [0.15, 0.2) is 4.52 Å². The molecule has 1 saturated carbocycles. The van der Waals surface area contributed by atoms with Gasteiger partial charge in [0.1, 0.15) is 0 Å². The first-order valence-corrected chi connectivity index (χ1v) is 6.74. The molecule has 0 amide bonds. The van der Waals surface area contributed by atoms with Crippen LogP contribution in [-0.2, 0) is 6.54 Å². The van der Waals surface area contributed by atoms with E-state index in [1.807, 2.05) is 6.92 Å². The number of rotatable bonds is 5. The van der Waals surface area contributed by atoms with Crippen molar-refractivity contribution >= 4 is 0 Å². The summed E-state index contributed by atoms with van der Waals surface area (Å²) in [6, 6.07) is 0. The summed E-state index contributed by atoms with van der Waals surface area (Å²) < 4.78 is 4.92. The molecule has 0 spiro atoms. The predicted molar refractivity (Wildman–Crippen MR) is 66.5 cm³/mol. The van der Waals surface area contributed by atoms with Gasteiger partial charge < -0.3 is 9.84 Å². The second-order valence-corrected chi connectivity index (χ2v) is 5.33. The highest BCUT2D eigenvalue weighted by atomic mass is 16.5. The minimum absolute atomic E-state index is 0.642. The molecule has 17 heavy (non-hydrogen) atoms.